The summed E-state index contributed by atoms with van der Waals surface area (Å²) in [6.07, 6.45) is 8.14. The molecule has 14 nitrogen and oxygen atoms in total. The first-order chi connectivity index (χ1) is 24.1. The monoisotopic (exact) mass is 726 g/mol. The van der Waals surface area contributed by atoms with Gasteiger partial charge in [-0.05, 0) is 83.3 Å². The van der Waals surface area contributed by atoms with Gasteiger partial charge in [0.25, 0.3) is 5.91 Å². The number of hydrogen-bond acceptors (Lipinski definition) is 8. The molecule has 1 aromatic rings. The molecule has 3 aliphatic heterocycles. The second-order valence-corrected chi connectivity index (χ2v) is 17.5. The Morgan fingerprint density at radius 1 is 1.00 bits per heavy atom. The van der Waals surface area contributed by atoms with Crippen molar-refractivity contribution in [1.29, 1.82) is 0 Å². The Morgan fingerprint density at radius 3 is 2.47 bits per heavy atom. The van der Waals surface area contributed by atoms with Crippen LogP contribution in [0.25, 0.3) is 0 Å². The average Bonchev–Trinajstić information content (AvgIpc) is 3.99. The largest absolute Gasteiger partial charge is 0.444 e. The zero-order valence-corrected chi connectivity index (χ0v) is 30.4. The van der Waals surface area contributed by atoms with Crippen LogP contribution in [0.4, 0.5) is 9.59 Å². The van der Waals surface area contributed by atoms with Crippen LogP contribution in [-0.2, 0) is 42.1 Å². The van der Waals surface area contributed by atoms with Crippen molar-refractivity contribution in [1.82, 2.24) is 30.5 Å². The lowest BCUT2D eigenvalue weighted by atomic mass is 10.0. The van der Waals surface area contributed by atoms with E-state index < -0.39 is 74.3 Å². The third-order valence-electron chi connectivity index (χ3n) is 10.3. The molecule has 0 radical (unpaired) electrons. The maximum Gasteiger partial charge on any atom is 0.408 e. The van der Waals surface area contributed by atoms with Crippen LogP contribution in [0.2, 0.25) is 0 Å². The van der Waals surface area contributed by atoms with Gasteiger partial charge in [-0.3, -0.25) is 19.1 Å². The third-order valence-corrected chi connectivity index (χ3v) is 12.1. The van der Waals surface area contributed by atoms with E-state index in [1.165, 1.54) is 10.5 Å². The predicted octanol–water partition coefficient (Wildman–Crippen LogP) is 2.62. The molecule has 0 spiro atoms. The summed E-state index contributed by atoms with van der Waals surface area (Å²) >= 11 is 0. The first-order valence-corrected chi connectivity index (χ1v) is 19.7. The number of carbonyl (C=O) groups is 5. The maximum absolute atomic E-state index is 14.3. The molecule has 1 aromatic carbocycles. The van der Waals surface area contributed by atoms with Gasteiger partial charge in [-0.1, -0.05) is 49.3 Å². The highest BCUT2D eigenvalue weighted by molar-refractivity contribution is 7.91. The summed E-state index contributed by atoms with van der Waals surface area (Å²) in [4.78, 5) is 71.7. The minimum atomic E-state index is -3.88. The number of sulfonamides is 1. The fourth-order valence-corrected chi connectivity index (χ4v) is 8.65. The summed E-state index contributed by atoms with van der Waals surface area (Å²) in [5, 5.41) is 7.97. The van der Waals surface area contributed by atoms with E-state index >= 15 is 0 Å². The Labute approximate surface area is 299 Å². The minimum Gasteiger partial charge on any atom is -0.444 e. The number of carbonyl (C=O) groups excluding carboxylic acids is 5. The van der Waals surface area contributed by atoms with Gasteiger partial charge in [0.05, 0.1) is 11.3 Å². The lowest BCUT2D eigenvalue weighted by Crippen LogP contribution is -2.58. The topological polar surface area (TPSA) is 183 Å². The highest BCUT2D eigenvalue weighted by Crippen LogP contribution is 2.46. The Balaban J connectivity index is 1.25. The fraction of sp³-hybridized carbons (Fsp3) is 0.639. The van der Waals surface area contributed by atoms with Crippen molar-refractivity contribution in [2.45, 2.75) is 126 Å². The molecule has 6 amide bonds. The quantitative estimate of drug-likeness (QED) is 0.334. The van der Waals surface area contributed by atoms with Crippen LogP contribution in [0, 0.1) is 5.92 Å². The van der Waals surface area contributed by atoms with E-state index in [1.54, 1.807) is 25.7 Å². The molecular formula is C36H50N6O8S. The zero-order valence-electron chi connectivity index (χ0n) is 29.6. The van der Waals surface area contributed by atoms with Gasteiger partial charge in [-0.2, -0.15) is 0 Å². The van der Waals surface area contributed by atoms with Gasteiger partial charge in [0.15, 0.2) is 0 Å². The molecule has 5 atom stereocenters. The van der Waals surface area contributed by atoms with Gasteiger partial charge in [0.2, 0.25) is 21.8 Å². The molecule has 2 saturated carbocycles. The van der Waals surface area contributed by atoms with Crippen LogP contribution in [0.1, 0.15) is 89.7 Å². The molecule has 3 heterocycles. The van der Waals surface area contributed by atoms with Crippen LogP contribution in [0.15, 0.2) is 36.4 Å². The smallest absolute Gasteiger partial charge is 0.408 e. The normalized spacial score (nSPS) is 28.5. The second-order valence-electron chi connectivity index (χ2n) is 15.5. The first-order valence-electron chi connectivity index (χ1n) is 18.1. The average molecular weight is 727 g/mol. The second kappa shape index (κ2) is 14.5. The number of alkyl carbamates (subject to hydrolysis) is 1. The van der Waals surface area contributed by atoms with Crippen LogP contribution in [0.5, 0.6) is 0 Å². The van der Waals surface area contributed by atoms with E-state index in [9.17, 15) is 32.4 Å². The number of allylic oxidation sites excluding steroid dienone is 1. The zero-order chi connectivity index (χ0) is 36.6. The minimum absolute atomic E-state index is 0.00181. The van der Waals surface area contributed by atoms with Gasteiger partial charge in [-0.25, -0.2) is 18.0 Å². The molecular weight excluding hydrogens is 676 g/mol. The van der Waals surface area contributed by atoms with E-state index in [2.05, 4.69) is 20.7 Å². The first kappa shape index (κ1) is 36.6. The maximum atomic E-state index is 14.3. The number of amides is 6. The van der Waals surface area contributed by atoms with Crippen molar-refractivity contribution >= 4 is 39.9 Å². The summed E-state index contributed by atoms with van der Waals surface area (Å²) in [6, 6.07) is 4.92. The van der Waals surface area contributed by atoms with Gasteiger partial charge >= 0.3 is 12.1 Å². The van der Waals surface area contributed by atoms with Crippen LogP contribution in [-0.4, -0.2) is 95.7 Å². The molecule has 6 rings (SSSR count). The van der Waals surface area contributed by atoms with Crippen molar-refractivity contribution in [3.05, 3.63) is 47.5 Å². The Morgan fingerprint density at radius 2 is 1.75 bits per heavy atom. The Hall–Kier alpha value is -4.14. The predicted molar refractivity (Wildman–Crippen MR) is 187 cm³/mol. The molecule has 15 heteroatoms. The van der Waals surface area contributed by atoms with Gasteiger partial charge in [-0.15, -0.1) is 0 Å². The lowest BCUT2D eigenvalue weighted by Gasteiger charge is -2.31. The number of benzene rings is 1. The Kier molecular flexibility index (Phi) is 10.4. The Bertz CT molecular complexity index is 1690. The molecule has 0 bridgehead atoms. The van der Waals surface area contributed by atoms with E-state index in [0.717, 1.165) is 18.4 Å². The fourth-order valence-electron chi connectivity index (χ4n) is 7.29. The van der Waals surface area contributed by atoms with Crippen molar-refractivity contribution in [2.75, 3.05) is 13.1 Å². The van der Waals surface area contributed by atoms with E-state index in [-0.39, 0.29) is 25.4 Å². The SMILES string of the molecule is CC(C)(C)OC(=O)N[C@@H]1CCCCCC=C[C@@H]2C[C@@]2(C(=O)NS(=O)(=O)C2CC2)NC(=O)[C@@H]2C[C@@H](NC(=O)N3CCc4ccccc4C3)CN2C1=O. The third kappa shape index (κ3) is 8.67. The lowest BCUT2D eigenvalue weighted by molar-refractivity contribution is -0.141. The molecule has 51 heavy (non-hydrogen) atoms. The molecule has 0 unspecified atom stereocenters. The van der Waals surface area contributed by atoms with Crippen molar-refractivity contribution in [2.24, 2.45) is 5.92 Å². The molecule has 2 aliphatic carbocycles. The summed E-state index contributed by atoms with van der Waals surface area (Å²) < 4.78 is 33.2. The molecule has 1 saturated heterocycles. The molecule has 5 aliphatic rings. The van der Waals surface area contributed by atoms with E-state index in [1.807, 2.05) is 36.4 Å². The van der Waals surface area contributed by atoms with Gasteiger partial charge in [0, 0.05) is 25.6 Å². The summed E-state index contributed by atoms with van der Waals surface area (Å²) in [5.74, 6) is -2.35. The van der Waals surface area contributed by atoms with Crippen LogP contribution >= 0.6 is 0 Å². The standard InChI is InChI=1S/C36H50N6O8S/c1-35(2,3)50-34(47)38-28-14-8-6-4-5-7-13-25-20-36(25,32(45)40-51(48,49)27-15-16-27)39-30(43)29-19-26(22-42(29)31(28)44)37-33(46)41-18-17-23-11-9-10-12-24(23)21-41/h7,9-13,25-29H,4-6,8,14-22H2,1-3H3,(H,37,46)(H,38,47)(H,39,43)(H,40,45)/t25-,26-,28-,29+,36-/m1/s1. The summed E-state index contributed by atoms with van der Waals surface area (Å²) in [6.45, 7) is 6.11. The number of urea groups is 1. The van der Waals surface area contributed by atoms with Crippen LogP contribution in [0.3, 0.4) is 0 Å². The summed E-state index contributed by atoms with van der Waals surface area (Å²) in [7, 11) is -3.88. The number of ether oxygens (including phenoxy) is 1. The van der Waals surface area contributed by atoms with Crippen molar-refractivity contribution in [3.63, 3.8) is 0 Å². The highest BCUT2D eigenvalue weighted by atomic mass is 32.2. The number of rotatable bonds is 5. The number of nitrogens with zero attached hydrogens (tertiary/aromatic N) is 2. The number of hydrogen-bond donors (Lipinski definition) is 4. The van der Waals surface area contributed by atoms with Crippen LogP contribution < -0.4 is 20.7 Å². The van der Waals surface area contributed by atoms with E-state index in [0.29, 0.717) is 51.6 Å². The number of fused-ring (bicyclic) bond motifs is 3. The molecule has 278 valence electrons. The summed E-state index contributed by atoms with van der Waals surface area (Å²) in [5.41, 5.74) is -0.0529. The van der Waals surface area contributed by atoms with Crippen molar-refractivity contribution in [3.8, 4) is 0 Å². The van der Waals surface area contributed by atoms with E-state index in [4.69, 9.17) is 4.74 Å². The van der Waals surface area contributed by atoms with Crippen molar-refractivity contribution < 1.29 is 37.1 Å². The number of nitrogens with one attached hydrogen (secondary N) is 4. The molecule has 3 fully saturated rings. The van der Waals surface area contributed by atoms with Gasteiger partial charge < -0.3 is 30.5 Å². The molecule has 0 aromatic heterocycles. The highest BCUT2D eigenvalue weighted by Gasteiger charge is 2.62. The molecule has 4 N–H and O–H groups in total. The van der Waals surface area contributed by atoms with Gasteiger partial charge in [0.1, 0.15) is 23.2 Å².